The fourth-order valence-corrected chi connectivity index (χ4v) is 4.53. The molecule has 0 atom stereocenters. The molecule has 4 heterocycles. The lowest BCUT2D eigenvalue weighted by molar-refractivity contribution is -0.117. The van der Waals surface area contributed by atoms with E-state index in [9.17, 15) is 4.79 Å². The van der Waals surface area contributed by atoms with Crippen LogP contribution in [0.25, 0.3) is 55.7 Å². The number of hydrogen-bond acceptors (Lipinski definition) is 5. The SMILES string of the molecule is O=C(Nc1cccc(-c2ccc3[nH]nc(-c4nc5c(-c6ccncc6)cncc5[nH]4)c3c2)c1)C1CC1. The lowest BCUT2D eigenvalue weighted by atomic mass is 10.0. The van der Waals surface area contributed by atoms with Crippen LogP contribution in [0.3, 0.4) is 0 Å². The number of carbonyl (C=O) groups excluding carboxylic acids is 1. The number of hydrogen-bond donors (Lipinski definition) is 3. The first-order valence-corrected chi connectivity index (χ1v) is 11.9. The first-order valence-electron chi connectivity index (χ1n) is 11.9. The molecule has 1 amide bonds. The molecular formula is C28H21N7O. The molecule has 6 aromatic rings. The summed E-state index contributed by atoms with van der Waals surface area (Å²) in [6.45, 7) is 0. The smallest absolute Gasteiger partial charge is 0.227 e. The molecule has 1 aliphatic carbocycles. The van der Waals surface area contributed by atoms with Crippen molar-refractivity contribution in [2.45, 2.75) is 12.8 Å². The molecule has 0 radical (unpaired) electrons. The molecule has 1 fully saturated rings. The zero-order chi connectivity index (χ0) is 24.1. The number of benzene rings is 2. The summed E-state index contributed by atoms with van der Waals surface area (Å²) in [5.41, 5.74) is 8.12. The molecular weight excluding hydrogens is 450 g/mol. The van der Waals surface area contributed by atoms with E-state index in [-0.39, 0.29) is 11.8 Å². The Morgan fingerprint density at radius 2 is 1.75 bits per heavy atom. The summed E-state index contributed by atoms with van der Waals surface area (Å²) < 4.78 is 0. The van der Waals surface area contributed by atoms with Gasteiger partial charge in [-0.25, -0.2) is 4.98 Å². The van der Waals surface area contributed by atoms with E-state index in [1.54, 1.807) is 18.6 Å². The van der Waals surface area contributed by atoms with E-state index in [4.69, 9.17) is 4.98 Å². The number of aromatic nitrogens is 6. The molecule has 0 bridgehead atoms. The van der Waals surface area contributed by atoms with E-state index >= 15 is 0 Å². The first-order chi connectivity index (χ1) is 17.7. The first kappa shape index (κ1) is 20.5. The van der Waals surface area contributed by atoms with Crippen molar-refractivity contribution >= 4 is 33.5 Å². The van der Waals surface area contributed by atoms with Gasteiger partial charge in [0, 0.05) is 41.1 Å². The fraction of sp³-hybridized carbons (Fsp3) is 0.107. The Hall–Kier alpha value is -4.85. The average Bonchev–Trinajstić information content (AvgIpc) is 3.55. The van der Waals surface area contributed by atoms with E-state index in [2.05, 4.69) is 42.6 Å². The van der Waals surface area contributed by atoms with Gasteiger partial charge < -0.3 is 10.3 Å². The number of fused-ring (bicyclic) bond motifs is 2. The maximum Gasteiger partial charge on any atom is 0.227 e. The number of pyridine rings is 2. The molecule has 1 aliphatic rings. The van der Waals surface area contributed by atoms with E-state index < -0.39 is 0 Å². The van der Waals surface area contributed by atoms with E-state index in [1.165, 1.54) is 0 Å². The minimum absolute atomic E-state index is 0.102. The van der Waals surface area contributed by atoms with Crippen molar-refractivity contribution in [3.05, 3.63) is 79.4 Å². The maximum atomic E-state index is 12.2. The van der Waals surface area contributed by atoms with Gasteiger partial charge in [0.1, 0.15) is 5.69 Å². The second-order valence-electron chi connectivity index (χ2n) is 9.08. The number of nitrogens with zero attached hydrogens (tertiary/aromatic N) is 4. The predicted octanol–water partition coefficient (Wildman–Crippen LogP) is 5.58. The normalized spacial score (nSPS) is 13.3. The number of H-pyrrole nitrogens is 2. The number of aromatic amines is 2. The van der Waals surface area contributed by atoms with Crippen molar-refractivity contribution in [3.63, 3.8) is 0 Å². The molecule has 1 saturated carbocycles. The average molecular weight is 472 g/mol. The summed E-state index contributed by atoms with van der Waals surface area (Å²) >= 11 is 0. The number of imidazole rings is 1. The summed E-state index contributed by atoms with van der Waals surface area (Å²) in [7, 11) is 0. The molecule has 0 spiro atoms. The van der Waals surface area contributed by atoms with Crippen LogP contribution < -0.4 is 5.32 Å². The number of amides is 1. The van der Waals surface area contributed by atoms with Crippen LogP contribution in [0.2, 0.25) is 0 Å². The molecule has 0 saturated heterocycles. The summed E-state index contributed by atoms with van der Waals surface area (Å²) in [4.78, 5) is 29.0. The molecule has 8 heteroatoms. The van der Waals surface area contributed by atoms with Crippen LogP contribution in [0.1, 0.15) is 12.8 Å². The number of nitrogens with one attached hydrogen (secondary N) is 3. The van der Waals surface area contributed by atoms with Crippen LogP contribution in [0.4, 0.5) is 5.69 Å². The summed E-state index contributed by atoms with van der Waals surface area (Å²) in [6.07, 6.45) is 9.07. The van der Waals surface area contributed by atoms with Gasteiger partial charge in [0.15, 0.2) is 5.82 Å². The Morgan fingerprint density at radius 3 is 2.61 bits per heavy atom. The van der Waals surface area contributed by atoms with Gasteiger partial charge in [-0.2, -0.15) is 5.10 Å². The van der Waals surface area contributed by atoms with Gasteiger partial charge in [-0.1, -0.05) is 18.2 Å². The maximum absolute atomic E-state index is 12.2. The minimum atomic E-state index is 0.102. The molecule has 2 aromatic carbocycles. The Bertz CT molecular complexity index is 1750. The highest BCUT2D eigenvalue weighted by atomic mass is 16.2. The van der Waals surface area contributed by atoms with Gasteiger partial charge in [-0.05, 0) is 65.9 Å². The predicted molar refractivity (Wildman–Crippen MR) is 139 cm³/mol. The molecule has 7 rings (SSSR count). The largest absolute Gasteiger partial charge is 0.335 e. The standard InChI is InChI=1S/C28H21N7O/c36-28(17-4-5-17)31-20-3-1-2-18(12-20)19-6-7-23-21(13-19)26(35-34-23)27-32-24-15-30-14-22(25(24)33-27)16-8-10-29-11-9-16/h1-3,6-15,17H,4-5H2,(H,31,36)(H,32,33)(H,34,35). The van der Waals surface area contributed by atoms with Crippen molar-refractivity contribution in [1.82, 2.24) is 30.1 Å². The van der Waals surface area contributed by atoms with E-state index in [0.717, 1.165) is 68.4 Å². The van der Waals surface area contributed by atoms with Crippen molar-refractivity contribution in [2.24, 2.45) is 5.92 Å². The Balaban J connectivity index is 1.28. The van der Waals surface area contributed by atoms with E-state index in [0.29, 0.717) is 5.82 Å². The summed E-state index contributed by atoms with van der Waals surface area (Å²) in [6, 6.07) is 18.0. The Kier molecular flexibility index (Phi) is 4.63. The highest BCUT2D eigenvalue weighted by Crippen LogP contribution is 2.34. The number of carbonyl (C=O) groups is 1. The molecule has 0 aliphatic heterocycles. The van der Waals surface area contributed by atoms with Crippen molar-refractivity contribution in [3.8, 4) is 33.8 Å². The van der Waals surface area contributed by atoms with Crippen LogP contribution in [0.15, 0.2) is 79.4 Å². The zero-order valence-corrected chi connectivity index (χ0v) is 19.2. The Morgan fingerprint density at radius 1 is 0.889 bits per heavy atom. The summed E-state index contributed by atoms with van der Waals surface area (Å²) in [5, 5.41) is 11.7. The lowest BCUT2D eigenvalue weighted by Gasteiger charge is -2.08. The monoisotopic (exact) mass is 471 g/mol. The van der Waals surface area contributed by atoms with Crippen molar-refractivity contribution in [1.29, 1.82) is 0 Å². The van der Waals surface area contributed by atoms with Gasteiger partial charge in [-0.3, -0.25) is 19.9 Å². The third-order valence-electron chi connectivity index (χ3n) is 6.58. The van der Waals surface area contributed by atoms with Gasteiger partial charge in [0.25, 0.3) is 0 Å². The van der Waals surface area contributed by atoms with Crippen LogP contribution in [0.5, 0.6) is 0 Å². The molecule has 36 heavy (non-hydrogen) atoms. The van der Waals surface area contributed by atoms with Crippen molar-refractivity contribution < 1.29 is 4.79 Å². The Labute approximate surface area is 205 Å². The molecule has 3 N–H and O–H groups in total. The molecule has 4 aromatic heterocycles. The number of anilines is 1. The zero-order valence-electron chi connectivity index (χ0n) is 19.2. The van der Waals surface area contributed by atoms with Gasteiger partial charge in [0.2, 0.25) is 5.91 Å². The van der Waals surface area contributed by atoms with Gasteiger partial charge >= 0.3 is 0 Å². The molecule has 0 unspecified atom stereocenters. The second kappa shape index (κ2) is 8.13. The van der Waals surface area contributed by atoms with Crippen molar-refractivity contribution in [2.75, 3.05) is 5.32 Å². The fourth-order valence-electron chi connectivity index (χ4n) is 4.53. The second-order valence-corrected chi connectivity index (χ2v) is 9.08. The molecule has 174 valence electrons. The lowest BCUT2D eigenvalue weighted by Crippen LogP contribution is -2.13. The summed E-state index contributed by atoms with van der Waals surface area (Å²) in [5.74, 6) is 0.934. The van der Waals surface area contributed by atoms with Crippen LogP contribution in [-0.2, 0) is 4.79 Å². The van der Waals surface area contributed by atoms with Crippen LogP contribution in [0, 0.1) is 5.92 Å². The highest BCUT2D eigenvalue weighted by molar-refractivity contribution is 5.98. The third-order valence-corrected chi connectivity index (χ3v) is 6.58. The number of rotatable bonds is 5. The van der Waals surface area contributed by atoms with Crippen LogP contribution >= 0.6 is 0 Å². The highest BCUT2D eigenvalue weighted by Gasteiger charge is 2.29. The minimum Gasteiger partial charge on any atom is -0.335 e. The van der Waals surface area contributed by atoms with Gasteiger partial charge in [0.05, 0.1) is 22.7 Å². The van der Waals surface area contributed by atoms with Crippen LogP contribution in [-0.4, -0.2) is 36.0 Å². The van der Waals surface area contributed by atoms with Gasteiger partial charge in [-0.15, -0.1) is 0 Å². The van der Waals surface area contributed by atoms with E-state index in [1.807, 2.05) is 48.7 Å². The topological polar surface area (TPSA) is 112 Å². The quantitative estimate of drug-likeness (QED) is 0.304. The molecule has 8 nitrogen and oxygen atoms in total. The third kappa shape index (κ3) is 3.60.